The molecule has 1 aliphatic heterocycles. The Morgan fingerprint density at radius 1 is 1.23 bits per heavy atom. The first kappa shape index (κ1) is 20.9. The van der Waals surface area contributed by atoms with E-state index in [0.29, 0.717) is 50.1 Å². The first-order chi connectivity index (χ1) is 14.3. The summed E-state index contributed by atoms with van der Waals surface area (Å²) in [6, 6.07) is 3.72. The largest absolute Gasteiger partial charge is 0.394 e. The molecule has 1 atom stereocenters. The Labute approximate surface area is 174 Å². The average Bonchev–Trinajstić information content (AvgIpc) is 3.07. The summed E-state index contributed by atoms with van der Waals surface area (Å²) in [6.45, 7) is 5.42. The molecular formula is C20H28F2N6O2. The van der Waals surface area contributed by atoms with Gasteiger partial charge in [0.25, 0.3) is 5.95 Å². The van der Waals surface area contributed by atoms with Gasteiger partial charge in [0.05, 0.1) is 25.0 Å². The Kier molecular flexibility index (Phi) is 5.88. The molecule has 0 bridgehead atoms. The molecule has 2 aromatic heterocycles. The van der Waals surface area contributed by atoms with Crippen LogP contribution in [0, 0.1) is 13.8 Å². The SMILES string of the molecule is Cc1cc(C)n(-c2nc(NC3CCC(F)(F)CC3)cc(N3CCO[C@H](CO)C3)n2)n1. The topological polar surface area (TPSA) is 88.3 Å². The van der Waals surface area contributed by atoms with Gasteiger partial charge in [0, 0.05) is 43.7 Å². The summed E-state index contributed by atoms with van der Waals surface area (Å²) < 4.78 is 34.3. The highest BCUT2D eigenvalue weighted by Crippen LogP contribution is 2.34. The lowest BCUT2D eigenvalue weighted by Crippen LogP contribution is -2.44. The van der Waals surface area contributed by atoms with E-state index in [0.717, 1.165) is 11.4 Å². The van der Waals surface area contributed by atoms with Gasteiger partial charge in [0.2, 0.25) is 5.92 Å². The Balaban J connectivity index is 1.63. The predicted molar refractivity (Wildman–Crippen MR) is 108 cm³/mol. The van der Waals surface area contributed by atoms with Crippen molar-refractivity contribution in [3.8, 4) is 5.95 Å². The average molecular weight is 422 g/mol. The van der Waals surface area contributed by atoms with E-state index in [1.807, 2.05) is 30.9 Å². The summed E-state index contributed by atoms with van der Waals surface area (Å²) in [5.41, 5.74) is 1.76. The number of morpholine rings is 1. The Morgan fingerprint density at radius 2 is 2.00 bits per heavy atom. The Hall–Kier alpha value is -2.33. The van der Waals surface area contributed by atoms with E-state index in [4.69, 9.17) is 9.72 Å². The van der Waals surface area contributed by atoms with E-state index in [1.165, 1.54) is 0 Å². The fourth-order valence-corrected chi connectivity index (χ4v) is 4.02. The molecule has 0 unspecified atom stereocenters. The fraction of sp³-hybridized carbons (Fsp3) is 0.650. The molecule has 3 heterocycles. The van der Waals surface area contributed by atoms with Crippen molar-refractivity contribution in [2.75, 3.05) is 36.5 Å². The van der Waals surface area contributed by atoms with Crippen molar-refractivity contribution in [2.24, 2.45) is 0 Å². The van der Waals surface area contributed by atoms with E-state index in [9.17, 15) is 13.9 Å². The van der Waals surface area contributed by atoms with Crippen molar-refractivity contribution in [2.45, 2.75) is 57.6 Å². The number of aliphatic hydroxyl groups is 1. The van der Waals surface area contributed by atoms with Gasteiger partial charge in [-0.05, 0) is 32.8 Å². The molecule has 1 saturated carbocycles. The van der Waals surface area contributed by atoms with Crippen LogP contribution in [0.2, 0.25) is 0 Å². The van der Waals surface area contributed by atoms with Crippen molar-refractivity contribution in [3.63, 3.8) is 0 Å². The Bertz CT molecular complexity index is 880. The van der Waals surface area contributed by atoms with Gasteiger partial charge in [-0.15, -0.1) is 0 Å². The molecule has 0 radical (unpaired) electrons. The monoisotopic (exact) mass is 422 g/mol. The van der Waals surface area contributed by atoms with E-state index >= 15 is 0 Å². The van der Waals surface area contributed by atoms with Crippen LogP contribution < -0.4 is 10.2 Å². The van der Waals surface area contributed by atoms with Crippen LogP contribution in [0.4, 0.5) is 20.4 Å². The van der Waals surface area contributed by atoms with Gasteiger partial charge < -0.3 is 20.1 Å². The van der Waals surface area contributed by atoms with Gasteiger partial charge in [-0.25, -0.2) is 13.5 Å². The highest BCUT2D eigenvalue weighted by atomic mass is 19.3. The van der Waals surface area contributed by atoms with Crippen molar-refractivity contribution >= 4 is 11.6 Å². The van der Waals surface area contributed by atoms with E-state index in [-0.39, 0.29) is 31.6 Å². The van der Waals surface area contributed by atoms with Crippen molar-refractivity contribution < 1.29 is 18.6 Å². The second kappa shape index (κ2) is 8.43. The van der Waals surface area contributed by atoms with Gasteiger partial charge in [-0.2, -0.15) is 15.1 Å². The summed E-state index contributed by atoms with van der Waals surface area (Å²) >= 11 is 0. The number of nitrogens with zero attached hydrogens (tertiary/aromatic N) is 5. The van der Waals surface area contributed by atoms with Crippen molar-refractivity contribution in [3.05, 3.63) is 23.5 Å². The summed E-state index contributed by atoms with van der Waals surface area (Å²) in [5.74, 6) is -0.867. The molecule has 30 heavy (non-hydrogen) atoms. The van der Waals surface area contributed by atoms with Crippen molar-refractivity contribution in [1.82, 2.24) is 19.7 Å². The lowest BCUT2D eigenvalue weighted by Gasteiger charge is -2.33. The maximum Gasteiger partial charge on any atom is 0.254 e. The number of rotatable bonds is 5. The molecule has 0 aromatic carbocycles. The van der Waals surface area contributed by atoms with Crippen LogP contribution in [0.5, 0.6) is 0 Å². The number of aryl methyl sites for hydroxylation is 2. The molecule has 0 spiro atoms. The van der Waals surface area contributed by atoms with Gasteiger partial charge in [-0.1, -0.05) is 0 Å². The molecule has 1 aliphatic carbocycles. The van der Waals surface area contributed by atoms with Gasteiger partial charge in [-0.3, -0.25) is 0 Å². The summed E-state index contributed by atoms with van der Waals surface area (Å²) in [4.78, 5) is 11.4. The second-order valence-electron chi connectivity index (χ2n) is 8.15. The zero-order valence-electron chi connectivity index (χ0n) is 17.3. The number of ether oxygens (including phenoxy) is 1. The summed E-state index contributed by atoms with van der Waals surface area (Å²) in [7, 11) is 0. The molecule has 8 nitrogen and oxygen atoms in total. The Morgan fingerprint density at radius 3 is 2.67 bits per heavy atom. The molecule has 10 heteroatoms. The lowest BCUT2D eigenvalue weighted by molar-refractivity contribution is -0.0361. The quantitative estimate of drug-likeness (QED) is 0.765. The molecular weight excluding hydrogens is 394 g/mol. The third-order valence-corrected chi connectivity index (χ3v) is 5.64. The third-order valence-electron chi connectivity index (χ3n) is 5.64. The number of hydrogen-bond acceptors (Lipinski definition) is 7. The van der Waals surface area contributed by atoms with Gasteiger partial charge in [0.1, 0.15) is 11.6 Å². The first-order valence-electron chi connectivity index (χ1n) is 10.4. The molecule has 164 valence electrons. The van der Waals surface area contributed by atoms with E-state index in [1.54, 1.807) is 4.68 Å². The van der Waals surface area contributed by atoms with Crippen LogP contribution in [-0.2, 0) is 4.74 Å². The molecule has 2 fully saturated rings. The summed E-state index contributed by atoms with van der Waals surface area (Å²) in [6.07, 6.45) is 0.281. The van der Waals surface area contributed by atoms with Crippen LogP contribution in [0.15, 0.2) is 12.1 Å². The minimum Gasteiger partial charge on any atom is -0.394 e. The molecule has 4 rings (SSSR count). The highest BCUT2D eigenvalue weighted by molar-refractivity contribution is 5.52. The van der Waals surface area contributed by atoms with Gasteiger partial charge >= 0.3 is 0 Å². The van der Waals surface area contributed by atoms with Crippen LogP contribution in [0.1, 0.15) is 37.1 Å². The zero-order chi connectivity index (χ0) is 21.3. The number of aliphatic hydroxyl groups excluding tert-OH is 1. The molecule has 0 amide bonds. The number of halogens is 2. The lowest BCUT2D eigenvalue weighted by atomic mass is 9.92. The maximum atomic E-state index is 13.5. The number of anilines is 2. The number of aromatic nitrogens is 4. The van der Waals surface area contributed by atoms with Crippen LogP contribution in [0.25, 0.3) is 5.95 Å². The molecule has 2 aromatic rings. The van der Waals surface area contributed by atoms with Crippen molar-refractivity contribution in [1.29, 1.82) is 0 Å². The van der Waals surface area contributed by atoms with E-state index < -0.39 is 5.92 Å². The van der Waals surface area contributed by atoms with Gasteiger partial charge in [0.15, 0.2) is 0 Å². The maximum absolute atomic E-state index is 13.5. The minimum atomic E-state index is -2.57. The normalized spacial score (nSPS) is 22.3. The third kappa shape index (κ3) is 4.70. The second-order valence-corrected chi connectivity index (χ2v) is 8.15. The zero-order valence-corrected chi connectivity index (χ0v) is 17.3. The van der Waals surface area contributed by atoms with Crippen LogP contribution in [0.3, 0.4) is 0 Å². The minimum absolute atomic E-state index is 0.0597. The standard InChI is InChI=1S/C20H28F2N6O2/c1-13-9-14(2)28(26-13)19-24-17(23-15-3-5-20(21,22)6-4-15)10-18(25-19)27-7-8-30-16(11-27)12-29/h9-10,15-16,29H,3-8,11-12H2,1-2H3,(H,23,24,25)/t16-/m0/s1. The number of hydrogen-bond donors (Lipinski definition) is 2. The molecule has 2 N–H and O–H groups in total. The van der Waals surface area contributed by atoms with Crippen LogP contribution in [-0.4, -0.2) is 69.2 Å². The molecule has 2 aliphatic rings. The first-order valence-corrected chi connectivity index (χ1v) is 10.4. The predicted octanol–water partition coefficient (Wildman–Crippen LogP) is 2.47. The fourth-order valence-electron chi connectivity index (χ4n) is 4.02. The highest BCUT2D eigenvalue weighted by Gasteiger charge is 2.35. The van der Waals surface area contributed by atoms with Crippen LogP contribution >= 0.6 is 0 Å². The van der Waals surface area contributed by atoms with E-state index in [2.05, 4.69) is 15.4 Å². The summed E-state index contributed by atoms with van der Waals surface area (Å²) in [5, 5.41) is 17.3. The number of nitrogens with one attached hydrogen (secondary N) is 1. The molecule has 1 saturated heterocycles. The smallest absolute Gasteiger partial charge is 0.254 e. The number of alkyl halides is 2.